The predicted octanol–water partition coefficient (Wildman–Crippen LogP) is 4.91. The monoisotopic (exact) mass is 345 g/mol. The fourth-order valence-corrected chi connectivity index (χ4v) is 3.03. The molecule has 0 aromatic heterocycles. The van der Waals surface area contributed by atoms with E-state index in [9.17, 15) is 9.90 Å². The van der Waals surface area contributed by atoms with Crippen LogP contribution in [0, 0.1) is 6.92 Å². The number of carboxylic acids is 1. The van der Waals surface area contributed by atoms with E-state index in [1.165, 1.54) is 0 Å². The Morgan fingerprint density at radius 1 is 1.12 bits per heavy atom. The summed E-state index contributed by atoms with van der Waals surface area (Å²) >= 11 is 6.15. The van der Waals surface area contributed by atoms with Gasteiger partial charge in [0, 0.05) is 23.8 Å². The summed E-state index contributed by atoms with van der Waals surface area (Å²) in [5, 5.41) is 10.2. The van der Waals surface area contributed by atoms with Crippen molar-refractivity contribution in [3.8, 4) is 0 Å². The van der Waals surface area contributed by atoms with Crippen LogP contribution in [0.2, 0.25) is 5.02 Å². The average molecular weight is 346 g/mol. The van der Waals surface area contributed by atoms with Crippen molar-refractivity contribution in [2.75, 3.05) is 18.0 Å². The fraction of sp³-hybridized carbons (Fsp3) is 0.350. The van der Waals surface area contributed by atoms with Gasteiger partial charge in [-0.1, -0.05) is 35.9 Å². The van der Waals surface area contributed by atoms with Gasteiger partial charge in [0.25, 0.3) is 0 Å². The Morgan fingerprint density at radius 3 is 2.25 bits per heavy atom. The normalized spacial score (nSPS) is 12.0. The van der Waals surface area contributed by atoms with Gasteiger partial charge in [0.2, 0.25) is 0 Å². The van der Waals surface area contributed by atoms with Crippen LogP contribution in [0.3, 0.4) is 0 Å². The second kappa shape index (κ2) is 8.20. The number of halogens is 1. The quantitative estimate of drug-likeness (QED) is 0.775. The minimum absolute atomic E-state index is 0.452. The summed E-state index contributed by atoms with van der Waals surface area (Å²) in [6.45, 7) is 8.07. The van der Waals surface area contributed by atoms with Crippen LogP contribution in [-0.2, 0) is 11.2 Å². The van der Waals surface area contributed by atoms with Gasteiger partial charge in [0.15, 0.2) is 0 Å². The van der Waals surface area contributed by atoms with Crippen molar-refractivity contribution in [2.24, 2.45) is 0 Å². The molecule has 2 aromatic carbocycles. The zero-order valence-corrected chi connectivity index (χ0v) is 15.2. The van der Waals surface area contributed by atoms with Gasteiger partial charge in [0.05, 0.1) is 5.92 Å². The standard InChI is InChI=1S/C20H24ClNO2/c1-4-22(5-2)17-10-7-15(8-11-17)12-18(20(23)24)16-9-6-14(3)19(21)13-16/h6-11,13,18H,4-5,12H2,1-3H3,(H,23,24). The third-order valence-corrected chi connectivity index (χ3v) is 4.81. The Morgan fingerprint density at radius 2 is 1.75 bits per heavy atom. The molecule has 0 bridgehead atoms. The Labute approximate surface area is 148 Å². The van der Waals surface area contributed by atoms with Gasteiger partial charge in [-0.05, 0) is 62.1 Å². The van der Waals surface area contributed by atoms with Gasteiger partial charge in [-0.15, -0.1) is 0 Å². The first-order valence-electron chi connectivity index (χ1n) is 8.29. The van der Waals surface area contributed by atoms with Crippen LogP contribution in [0.15, 0.2) is 42.5 Å². The van der Waals surface area contributed by atoms with E-state index in [4.69, 9.17) is 11.6 Å². The van der Waals surface area contributed by atoms with Gasteiger partial charge in [-0.3, -0.25) is 4.79 Å². The molecule has 3 nitrogen and oxygen atoms in total. The van der Waals surface area contributed by atoms with Crippen molar-refractivity contribution >= 4 is 23.3 Å². The van der Waals surface area contributed by atoms with Gasteiger partial charge in [-0.25, -0.2) is 0 Å². The maximum Gasteiger partial charge on any atom is 0.311 e. The van der Waals surface area contributed by atoms with Crippen LogP contribution in [0.4, 0.5) is 5.69 Å². The summed E-state index contributed by atoms with van der Waals surface area (Å²) in [4.78, 5) is 14.0. The largest absolute Gasteiger partial charge is 0.481 e. The number of hydrogen-bond acceptors (Lipinski definition) is 2. The van der Waals surface area contributed by atoms with Crippen LogP contribution in [0.5, 0.6) is 0 Å². The molecule has 1 unspecified atom stereocenters. The van der Waals surface area contributed by atoms with Crippen LogP contribution in [0.1, 0.15) is 36.5 Å². The van der Waals surface area contributed by atoms with Crippen LogP contribution in [0.25, 0.3) is 0 Å². The molecule has 0 heterocycles. The molecule has 0 saturated carbocycles. The third kappa shape index (κ3) is 4.30. The summed E-state index contributed by atoms with van der Waals surface area (Å²) in [7, 11) is 0. The number of aryl methyl sites for hydroxylation is 1. The lowest BCUT2D eigenvalue weighted by molar-refractivity contribution is -0.138. The number of aliphatic carboxylic acids is 1. The maximum atomic E-state index is 11.7. The molecule has 0 amide bonds. The summed E-state index contributed by atoms with van der Waals surface area (Å²) < 4.78 is 0. The molecule has 1 N–H and O–H groups in total. The van der Waals surface area contributed by atoms with Crippen LogP contribution >= 0.6 is 11.6 Å². The minimum atomic E-state index is -0.831. The van der Waals surface area contributed by atoms with E-state index in [1.54, 1.807) is 6.07 Å². The molecule has 0 aliphatic carbocycles. The van der Waals surface area contributed by atoms with Gasteiger partial charge < -0.3 is 10.0 Å². The SMILES string of the molecule is CCN(CC)c1ccc(CC(C(=O)O)c2ccc(C)c(Cl)c2)cc1. The van der Waals surface area contributed by atoms with E-state index in [0.717, 1.165) is 35.5 Å². The minimum Gasteiger partial charge on any atom is -0.481 e. The van der Waals surface area contributed by atoms with Gasteiger partial charge >= 0.3 is 5.97 Å². The van der Waals surface area contributed by atoms with Crippen molar-refractivity contribution in [1.82, 2.24) is 0 Å². The number of carboxylic acid groups (broad SMARTS) is 1. The Hall–Kier alpha value is -2.00. The van der Waals surface area contributed by atoms with E-state index >= 15 is 0 Å². The van der Waals surface area contributed by atoms with Crippen molar-refractivity contribution in [3.05, 3.63) is 64.2 Å². The van der Waals surface area contributed by atoms with Crippen molar-refractivity contribution in [2.45, 2.75) is 33.1 Å². The molecule has 0 aliphatic heterocycles. The highest BCUT2D eigenvalue weighted by Gasteiger charge is 2.21. The maximum absolute atomic E-state index is 11.7. The molecule has 24 heavy (non-hydrogen) atoms. The molecular weight excluding hydrogens is 322 g/mol. The second-order valence-electron chi connectivity index (χ2n) is 5.94. The smallest absolute Gasteiger partial charge is 0.311 e. The molecule has 128 valence electrons. The number of carbonyl (C=O) groups is 1. The van der Waals surface area contributed by atoms with E-state index in [1.807, 2.05) is 31.2 Å². The molecule has 0 aliphatic rings. The van der Waals surface area contributed by atoms with E-state index < -0.39 is 11.9 Å². The van der Waals surface area contributed by atoms with Gasteiger partial charge in [0.1, 0.15) is 0 Å². The number of hydrogen-bond donors (Lipinski definition) is 1. The van der Waals surface area contributed by atoms with Gasteiger partial charge in [-0.2, -0.15) is 0 Å². The number of anilines is 1. The average Bonchev–Trinajstić information content (AvgIpc) is 2.57. The molecule has 0 fully saturated rings. The highest BCUT2D eigenvalue weighted by Crippen LogP contribution is 2.27. The van der Waals surface area contributed by atoms with Crippen molar-refractivity contribution in [3.63, 3.8) is 0 Å². The third-order valence-electron chi connectivity index (χ3n) is 4.40. The fourth-order valence-electron chi connectivity index (χ4n) is 2.84. The first-order valence-corrected chi connectivity index (χ1v) is 8.66. The topological polar surface area (TPSA) is 40.5 Å². The zero-order valence-electron chi connectivity index (χ0n) is 14.4. The van der Waals surface area contributed by atoms with Crippen LogP contribution in [-0.4, -0.2) is 24.2 Å². The van der Waals surface area contributed by atoms with E-state index in [2.05, 4.69) is 30.9 Å². The number of rotatable bonds is 7. The first-order chi connectivity index (χ1) is 11.5. The zero-order chi connectivity index (χ0) is 17.7. The lowest BCUT2D eigenvalue weighted by Crippen LogP contribution is -2.21. The Balaban J connectivity index is 2.22. The summed E-state index contributed by atoms with van der Waals surface area (Å²) in [6, 6.07) is 13.6. The molecule has 2 aromatic rings. The highest BCUT2D eigenvalue weighted by molar-refractivity contribution is 6.31. The lowest BCUT2D eigenvalue weighted by atomic mass is 9.91. The molecule has 2 rings (SSSR count). The summed E-state index contributed by atoms with van der Waals surface area (Å²) in [6.07, 6.45) is 0.452. The lowest BCUT2D eigenvalue weighted by Gasteiger charge is -2.21. The summed E-state index contributed by atoms with van der Waals surface area (Å²) in [5.41, 5.74) is 3.86. The van der Waals surface area contributed by atoms with E-state index in [0.29, 0.717) is 11.4 Å². The van der Waals surface area contributed by atoms with Crippen LogP contribution < -0.4 is 4.90 Å². The molecule has 0 radical (unpaired) electrons. The molecular formula is C20H24ClNO2. The van der Waals surface area contributed by atoms with E-state index in [-0.39, 0.29) is 0 Å². The highest BCUT2D eigenvalue weighted by atomic mass is 35.5. The Bertz CT molecular complexity index is 693. The van der Waals surface area contributed by atoms with Crippen molar-refractivity contribution in [1.29, 1.82) is 0 Å². The molecule has 0 saturated heterocycles. The first kappa shape index (κ1) is 18.3. The Kier molecular flexibility index (Phi) is 6.27. The number of benzene rings is 2. The van der Waals surface area contributed by atoms with Crippen molar-refractivity contribution < 1.29 is 9.90 Å². The molecule has 0 spiro atoms. The molecule has 1 atom stereocenters. The predicted molar refractivity (Wildman–Crippen MR) is 100 cm³/mol. The second-order valence-corrected chi connectivity index (χ2v) is 6.35. The number of nitrogens with zero attached hydrogens (tertiary/aromatic N) is 1. The summed E-state index contributed by atoms with van der Waals surface area (Å²) in [5.74, 6) is -1.43. The molecule has 4 heteroatoms.